The summed E-state index contributed by atoms with van der Waals surface area (Å²) in [5, 5.41) is 80.6. The van der Waals surface area contributed by atoms with Crippen LogP contribution in [0.2, 0.25) is 0 Å². The van der Waals surface area contributed by atoms with Crippen molar-refractivity contribution in [2.24, 2.45) is 0 Å². The molecule has 1 N–H and O–H groups in total. The Bertz CT molecular complexity index is 7090. The minimum absolute atomic E-state index is 0.648. The van der Waals surface area contributed by atoms with Crippen molar-refractivity contribution in [1.29, 1.82) is 0 Å². The maximum atomic E-state index is 18.8. The van der Waals surface area contributed by atoms with E-state index < -0.39 is 16.4 Å². The monoisotopic (exact) mass is 822 g/mol. The lowest BCUT2D eigenvalue weighted by Gasteiger charge is -2.47. The summed E-state index contributed by atoms with van der Waals surface area (Å²) in [5.74, 6) is 0. The summed E-state index contributed by atoms with van der Waals surface area (Å²) in [6.07, 6.45) is 0. The summed E-state index contributed by atoms with van der Waals surface area (Å²) in [6.45, 7) is 0. The first-order valence-corrected chi connectivity index (χ1v) is 23.9. The Morgan fingerprint density at radius 3 is 0.615 bits per heavy atom. The van der Waals surface area contributed by atoms with Crippen LogP contribution in [0.3, 0.4) is 0 Å². The number of rotatable bonds is 1. The highest BCUT2D eigenvalue weighted by molar-refractivity contribution is 6.81. The van der Waals surface area contributed by atoms with Crippen molar-refractivity contribution in [2.75, 3.05) is 0 Å². The van der Waals surface area contributed by atoms with E-state index in [0.29, 0.717) is 11.1 Å². The summed E-state index contributed by atoms with van der Waals surface area (Å²) in [4.78, 5) is 0. The topological polar surface area (TPSA) is 20.2 Å². The van der Waals surface area contributed by atoms with Crippen LogP contribution in [-0.2, 0) is 11.0 Å². The van der Waals surface area contributed by atoms with Gasteiger partial charge in [-0.3, -0.25) is 0 Å². The molecule has 5 aliphatic rings. The molecule has 0 saturated heterocycles. The fraction of sp³-hybridized carbons (Fsp3) is 0.0492. The van der Waals surface area contributed by atoms with Crippen LogP contribution >= 0.6 is 11.6 Å². The van der Waals surface area contributed by atoms with Gasteiger partial charge in [-0.05, 0) is 308 Å². The van der Waals surface area contributed by atoms with Gasteiger partial charge in [0.05, 0.1) is 0 Å². The number of hydrogen-bond donors (Lipinski definition) is 1. The Labute approximate surface area is 353 Å². The molecule has 0 saturated carbocycles. The van der Waals surface area contributed by atoms with Crippen LogP contribution in [0.15, 0.2) is 0 Å². The third-order valence-corrected chi connectivity index (χ3v) is 23.9. The predicted octanol–water partition coefficient (Wildman–Crippen LogP) is 16.8. The van der Waals surface area contributed by atoms with Crippen LogP contribution < -0.4 is 0 Å². The maximum Gasteiger partial charge on any atom is 0.339 e. The van der Waals surface area contributed by atoms with Crippen molar-refractivity contribution in [3.63, 3.8) is 0 Å². The Kier molecular flexibility index (Phi) is 1.90. The smallest absolute Gasteiger partial charge is 0.339 e. The van der Waals surface area contributed by atoms with Gasteiger partial charge < -0.3 is 5.11 Å². The molecular weight excluding hydrogens is 822 g/mol. The van der Waals surface area contributed by atoms with Gasteiger partial charge in [0, 0.05) is 16.7 Å². The molecule has 0 radical (unpaired) electrons. The second-order valence-corrected chi connectivity index (χ2v) is 24.2. The lowest BCUT2D eigenvalue weighted by molar-refractivity contribution is 0.0355. The van der Waals surface area contributed by atoms with Crippen LogP contribution in [0.1, 0.15) is 33.4 Å². The zero-order chi connectivity index (χ0) is 39.0. The number of halogens is 3. The molecule has 32 rings (SSSR count). The van der Waals surface area contributed by atoms with E-state index in [1.54, 1.807) is 0 Å². The van der Waals surface area contributed by atoms with Gasteiger partial charge >= 0.3 is 5.38 Å². The average Bonchev–Trinajstić information content (AvgIpc) is 4.12. The molecular formula is C61HClF2O. The van der Waals surface area contributed by atoms with E-state index in [4.69, 9.17) is 11.6 Å². The fourth-order valence-corrected chi connectivity index (χ4v) is 23.9. The van der Waals surface area contributed by atoms with Crippen LogP contribution in [0, 0.1) is 0 Å². The maximum absolute atomic E-state index is 18.8. The van der Waals surface area contributed by atoms with Gasteiger partial charge in [0.1, 0.15) is 11.0 Å². The molecule has 0 aromatic heterocycles. The molecule has 27 aromatic carbocycles. The third kappa shape index (κ3) is 1.21. The molecule has 2 unspecified atom stereocenters. The van der Waals surface area contributed by atoms with Gasteiger partial charge in [-0.2, -0.15) is 8.78 Å². The first-order chi connectivity index (χ1) is 32.0. The zero-order valence-corrected chi connectivity index (χ0v) is 32.8. The second-order valence-electron chi connectivity index (χ2n) is 23.7. The summed E-state index contributed by atoms with van der Waals surface area (Å²) < 4.78 is 37.6. The van der Waals surface area contributed by atoms with E-state index in [-0.39, 0.29) is 0 Å². The van der Waals surface area contributed by atoms with E-state index in [0.717, 1.165) is 65.3 Å². The van der Waals surface area contributed by atoms with Gasteiger partial charge in [-0.15, -0.1) is 0 Å². The Morgan fingerprint density at radius 1 is 0.215 bits per heavy atom. The summed E-state index contributed by atoms with van der Waals surface area (Å²) >= 11 is 7.30. The number of aliphatic hydroxyl groups is 1. The first kappa shape index (κ1) is 24.0. The van der Waals surface area contributed by atoms with Gasteiger partial charge in [-0.25, -0.2) is 0 Å². The largest absolute Gasteiger partial charge is 0.376 e. The molecule has 1 nitrogen and oxygen atoms in total. The minimum Gasteiger partial charge on any atom is -0.376 e. The molecule has 4 heteroatoms. The van der Waals surface area contributed by atoms with Crippen molar-refractivity contribution in [2.45, 2.75) is 16.4 Å². The Balaban J connectivity index is 1.29. The van der Waals surface area contributed by atoms with E-state index in [1.807, 2.05) is 0 Å². The van der Waals surface area contributed by atoms with Crippen LogP contribution in [0.4, 0.5) is 8.78 Å². The average molecular weight is 823 g/mol. The summed E-state index contributed by atoms with van der Waals surface area (Å²) in [5.41, 5.74) is 1.02. The number of hydrogen-bond acceptors (Lipinski definition) is 1. The van der Waals surface area contributed by atoms with Gasteiger partial charge in [0.25, 0.3) is 0 Å². The molecule has 2 atom stereocenters. The van der Waals surface area contributed by atoms with Gasteiger partial charge in [-0.1, -0.05) is 0 Å². The zero-order valence-electron chi connectivity index (χ0n) is 32.1. The first-order valence-electron chi connectivity index (χ1n) is 23.5. The van der Waals surface area contributed by atoms with Crippen molar-refractivity contribution in [3.05, 3.63) is 33.4 Å². The molecule has 0 aliphatic heterocycles. The Morgan fingerprint density at radius 2 is 0.354 bits per heavy atom. The van der Waals surface area contributed by atoms with Crippen molar-refractivity contribution >= 4 is 292 Å². The summed E-state index contributed by atoms with van der Waals surface area (Å²) in [6, 6.07) is 0. The lowest BCUT2D eigenvalue weighted by Crippen LogP contribution is -2.50. The van der Waals surface area contributed by atoms with Crippen molar-refractivity contribution in [3.8, 4) is 0 Å². The van der Waals surface area contributed by atoms with E-state index in [2.05, 4.69) is 0 Å². The molecule has 0 spiro atoms. The SMILES string of the molecule is OC12c3c4c5c6c7c8c9c%10c(c1c1c%11c2c2c%12c3c5c3c5c%12c%12c2c2c%11c%11c%13c1c%10c1c%10c9c9c7c7c6c3c3c5c5c%12c6c2c%11c2c(c%131)c1c%10c9c9c7c3c3c9c1c2c6c53)C48C(F)(F)Cl. The molecule has 0 bridgehead atoms. The van der Waals surface area contributed by atoms with E-state index >= 15 is 13.9 Å². The lowest BCUT2D eigenvalue weighted by atomic mass is 9.58. The van der Waals surface area contributed by atoms with Crippen LogP contribution in [-0.4, -0.2) is 10.5 Å². The number of alkyl halides is 3. The third-order valence-electron chi connectivity index (χ3n) is 23.6. The highest BCUT2D eigenvalue weighted by Gasteiger charge is 2.72. The van der Waals surface area contributed by atoms with Gasteiger partial charge in [0.15, 0.2) is 0 Å². The number of benzene rings is 17. The van der Waals surface area contributed by atoms with E-state index in [1.165, 1.54) is 237 Å². The molecule has 0 fully saturated rings. The molecule has 5 aliphatic carbocycles. The van der Waals surface area contributed by atoms with Crippen molar-refractivity contribution in [1.82, 2.24) is 0 Å². The normalized spacial score (nSPS) is 22.9. The molecule has 65 heavy (non-hydrogen) atoms. The predicted molar refractivity (Wildman–Crippen MR) is 265 cm³/mol. The fourth-order valence-electron chi connectivity index (χ4n) is 23.6. The van der Waals surface area contributed by atoms with Crippen LogP contribution in [0.5, 0.6) is 0 Å². The molecule has 272 valence electrons. The standard InChI is InChI=1S/C61HClF2O/c62-61(63,64)59-53-45-36-29-16-9-3-4-6-2-1-5(3)14(16)20-18-7(1)11-8(2)19-21-15(6)17-10(4)13-12(9)23-31-24(13)33-30(17)37-35(21)39-26(19)28-22(11)27-25(18)38(34(20)36)49(53)51-40(27)41(28)52-50(39)54-46(37)43(33)48-44(31)47(42(45)32(23)29)55(59)57(48)60(54,65)58(52)56(51)59/h65H. The van der Waals surface area contributed by atoms with E-state index in [9.17, 15) is 0 Å². The molecule has 0 amide bonds. The molecule has 0 heterocycles. The second kappa shape index (κ2) is 5.13. The summed E-state index contributed by atoms with van der Waals surface area (Å²) in [7, 11) is 0. The van der Waals surface area contributed by atoms with Gasteiger partial charge in [0.2, 0.25) is 0 Å². The Hall–Kier alpha value is -7.43. The quantitative estimate of drug-likeness (QED) is 0.129. The molecule has 27 aromatic rings. The van der Waals surface area contributed by atoms with Crippen LogP contribution in [0.25, 0.3) is 280 Å². The highest BCUT2D eigenvalue weighted by atomic mass is 35.5. The highest BCUT2D eigenvalue weighted by Crippen LogP contribution is 2.85. The van der Waals surface area contributed by atoms with Crippen molar-refractivity contribution < 1.29 is 13.9 Å². The minimum atomic E-state index is -3.71.